The summed E-state index contributed by atoms with van der Waals surface area (Å²) >= 11 is 4.96. The molecule has 78 valence electrons. The van der Waals surface area contributed by atoms with Crippen LogP contribution in [-0.4, -0.2) is 25.0 Å². The average Bonchev–Trinajstić information content (AvgIpc) is 2.49. The van der Waals surface area contributed by atoms with E-state index in [4.69, 9.17) is 0 Å². The molecule has 0 saturated heterocycles. The summed E-state index contributed by atoms with van der Waals surface area (Å²) in [6, 6.07) is 1.98. The summed E-state index contributed by atoms with van der Waals surface area (Å²) in [5.74, 6) is -0.0851. The van der Waals surface area contributed by atoms with Crippen molar-refractivity contribution in [1.82, 2.24) is 10.4 Å². The highest BCUT2D eigenvalue weighted by Crippen LogP contribution is 2.26. The highest BCUT2D eigenvalue weighted by molar-refractivity contribution is 9.10. The van der Waals surface area contributed by atoms with Crippen LogP contribution in [0.2, 0.25) is 0 Å². The molecule has 1 heterocycles. The fourth-order valence-electron chi connectivity index (χ4n) is 1.00. The summed E-state index contributed by atoms with van der Waals surface area (Å²) in [6.45, 7) is 1.90. The third-order valence-corrected chi connectivity index (χ3v) is 3.62. The summed E-state index contributed by atoms with van der Waals surface area (Å²) < 4.78 is 1.03. The van der Waals surface area contributed by atoms with E-state index in [2.05, 4.69) is 21.4 Å². The molecular formula is C9H13BrN2OS. The SMILES string of the molecule is CC(C(=O)NN(C)C)c1cc(Br)cs1. The Kier molecular flexibility index (Phi) is 4.10. The van der Waals surface area contributed by atoms with Gasteiger partial charge in [0.15, 0.2) is 0 Å². The fraction of sp³-hybridized carbons (Fsp3) is 0.444. The lowest BCUT2D eigenvalue weighted by Gasteiger charge is -2.15. The minimum absolute atomic E-state index is 0.0179. The van der Waals surface area contributed by atoms with Gasteiger partial charge in [0, 0.05) is 28.8 Å². The predicted octanol–water partition coefficient (Wildman–Crippen LogP) is 2.21. The van der Waals surface area contributed by atoms with E-state index in [1.807, 2.05) is 18.4 Å². The standard InChI is InChI=1S/C9H13BrN2OS/c1-6(9(13)11-12(2)3)8-4-7(10)5-14-8/h4-6H,1-3H3,(H,11,13). The monoisotopic (exact) mass is 276 g/mol. The Morgan fingerprint density at radius 3 is 2.71 bits per heavy atom. The van der Waals surface area contributed by atoms with Crippen LogP contribution >= 0.6 is 27.3 Å². The van der Waals surface area contributed by atoms with E-state index >= 15 is 0 Å². The molecule has 1 N–H and O–H groups in total. The van der Waals surface area contributed by atoms with Crippen molar-refractivity contribution in [3.05, 3.63) is 20.8 Å². The van der Waals surface area contributed by atoms with Crippen LogP contribution in [0.5, 0.6) is 0 Å². The Morgan fingerprint density at radius 2 is 2.29 bits per heavy atom. The van der Waals surface area contributed by atoms with Crippen molar-refractivity contribution in [3.63, 3.8) is 0 Å². The van der Waals surface area contributed by atoms with Crippen molar-refractivity contribution in [1.29, 1.82) is 0 Å². The maximum Gasteiger partial charge on any atom is 0.242 e. The molecular weight excluding hydrogens is 264 g/mol. The maximum atomic E-state index is 11.6. The second-order valence-corrected chi connectivity index (χ2v) is 5.12. The minimum Gasteiger partial charge on any atom is -0.289 e. The molecule has 1 unspecified atom stereocenters. The number of carbonyl (C=O) groups excluding carboxylic acids is 1. The van der Waals surface area contributed by atoms with Crippen LogP contribution in [-0.2, 0) is 4.79 Å². The molecule has 0 aliphatic heterocycles. The van der Waals surface area contributed by atoms with Crippen LogP contribution < -0.4 is 5.43 Å². The molecule has 0 fully saturated rings. The van der Waals surface area contributed by atoms with Gasteiger partial charge in [0.05, 0.1) is 5.92 Å². The number of halogens is 1. The van der Waals surface area contributed by atoms with E-state index in [9.17, 15) is 4.79 Å². The molecule has 1 amide bonds. The first-order valence-corrected chi connectivity index (χ1v) is 5.89. The van der Waals surface area contributed by atoms with Crippen molar-refractivity contribution in [3.8, 4) is 0 Å². The number of thiophene rings is 1. The summed E-state index contributed by atoms with van der Waals surface area (Å²) in [5, 5.41) is 3.64. The van der Waals surface area contributed by atoms with Crippen molar-refractivity contribution >= 4 is 33.2 Å². The summed E-state index contributed by atoms with van der Waals surface area (Å²) in [5.41, 5.74) is 2.74. The van der Waals surface area contributed by atoms with Crippen LogP contribution in [0.15, 0.2) is 15.9 Å². The molecule has 14 heavy (non-hydrogen) atoms. The van der Waals surface area contributed by atoms with Gasteiger partial charge in [0.2, 0.25) is 5.91 Å². The number of carbonyl (C=O) groups is 1. The molecule has 3 nitrogen and oxygen atoms in total. The molecule has 0 saturated carbocycles. The number of amides is 1. The van der Waals surface area contributed by atoms with Gasteiger partial charge in [-0.05, 0) is 28.9 Å². The van der Waals surface area contributed by atoms with Gasteiger partial charge in [-0.2, -0.15) is 0 Å². The smallest absolute Gasteiger partial charge is 0.242 e. The first-order valence-electron chi connectivity index (χ1n) is 4.22. The van der Waals surface area contributed by atoms with Gasteiger partial charge >= 0.3 is 0 Å². The molecule has 0 bridgehead atoms. The Bertz CT molecular complexity index is 324. The van der Waals surface area contributed by atoms with Crippen LogP contribution in [0.4, 0.5) is 0 Å². The normalized spacial score (nSPS) is 12.9. The lowest BCUT2D eigenvalue weighted by atomic mass is 10.1. The number of hydrogen-bond donors (Lipinski definition) is 1. The Morgan fingerprint density at radius 1 is 1.64 bits per heavy atom. The largest absolute Gasteiger partial charge is 0.289 e. The molecule has 1 atom stereocenters. The number of nitrogens with zero attached hydrogens (tertiary/aromatic N) is 1. The molecule has 1 aromatic rings. The zero-order valence-electron chi connectivity index (χ0n) is 8.37. The minimum atomic E-state index is -0.103. The highest BCUT2D eigenvalue weighted by atomic mass is 79.9. The van der Waals surface area contributed by atoms with Crippen LogP contribution in [0.1, 0.15) is 17.7 Å². The lowest BCUT2D eigenvalue weighted by molar-refractivity contribution is -0.125. The second-order valence-electron chi connectivity index (χ2n) is 3.26. The van der Waals surface area contributed by atoms with Crippen LogP contribution in [0, 0.1) is 0 Å². The van der Waals surface area contributed by atoms with E-state index in [0.717, 1.165) is 9.35 Å². The van der Waals surface area contributed by atoms with Crippen molar-refractivity contribution in [2.75, 3.05) is 14.1 Å². The number of hydrazine groups is 1. The quantitative estimate of drug-likeness (QED) is 0.859. The average molecular weight is 277 g/mol. The van der Waals surface area contributed by atoms with Crippen molar-refractivity contribution < 1.29 is 4.79 Å². The third-order valence-electron chi connectivity index (χ3n) is 1.74. The fourth-order valence-corrected chi connectivity index (χ4v) is 2.50. The van der Waals surface area contributed by atoms with Gasteiger partial charge in [-0.15, -0.1) is 11.3 Å². The van der Waals surface area contributed by atoms with Gasteiger partial charge < -0.3 is 0 Å². The Hall–Kier alpha value is -0.390. The summed E-state index contributed by atoms with van der Waals surface area (Å²) in [4.78, 5) is 12.7. The molecule has 1 aromatic heterocycles. The van der Waals surface area contributed by atoms with Crippen LogP contribution in [0.25, 0.3) is 0 Å². The zero-order chi connectivity index (χ0) is 10.7. The molecule has 0 radical (unpaired) electrons. The van der Waals surface area contributed by atoms with Crippen molar-refractivity contribution in [2.24, 2.45) is 0 Å². The second kappa shape index (κ2) is 4.91. The van der Waals surface area contributed by atoms with Gasteiger partial charge in [-0.3, -0.25) is 10.2 Å². The number of hydrogen-bond acceptors (Lipinski definition) is 3. The van der Waals surface area contributed by atoms with E-state index < -0.39 is 0 Å². The van der Waals surface area contributed by atoms with Crippen LogP contribution in [0.3, 0.4) is 0 Å². The molecule has 0 aromatic carbocycles. The predicted molar refractivity (Wildman–Crippen MR) is 62.3 cm³/mol. The molecule has 1 rings (SSSR count). The highest BCUT2D eigenvalue weighted by Gasteiger charge is 2.16. The summed E-state index contributed by atoms with van der Waals surface area (Å²) in [7, 11) is 3.60. The number of rotatable bonds is 3. The van der Waals surface area contributed by atoms with Gasteiger partial charge in [-0.25, -0.2) is 5.01 Å². The van der Waals surface area contributed by atoms with E-state index in [0.29, 0.717) is 0 Å². The van der Waals surface area contributed by atoms with Gasteiger partial charge in [-0.1, -0.05) is 0 Å². The van der Waals surface area contributed by atoms with E-state index in [1.165, 1.54) is 0 Å². The lowest BCUT2D eigenvalue weighted by Crippen LogP contribution is -2.38. The van der Waals surface area contributed by atoms with E-state index in [1.54, 1.807) is 30.4 Å². The topological polar surface area (TPSA) is 32.3 Å². The van der Waals surface area contributed by atoms with E-state index in [-0.39, 0.29) is 11.8 Å². The maximum absolute atomic E-state index is 11.6. The third kappa shape index (κ3) is 3.08. The molecule has 0 spiro atoms. The zero-order valence-corrected chi connectivity index (χ0v) is 10.8. The Balaban J connectivity index is 2.65. The van der Waals surface area contributed by atoms with Gasteiger partial charge in [0.1, 0.15) is 0 Å². The first-order chi connectivity index (χ1) is 6.50. The molecule has 5 heteroatoms. The van der Waals surface area contributed by atoms with Gasteiger partial charge in [0.25, 0.3) is 0 Å². The summed E-state index contributed by atoms with van der Waals surface area (Å²) in [6.07, 6.45) is 0. The van der Waals surface area contributed by atoms with Crippen molar-refractivity contribution in [2.45, 2.75) is 12.8 Å². The molecule has 0 aliphatic rings. The first kappa shape index (κ1) is 11.7. The Labute approximate surface area is 96.2 Å². The number of nitrogens with one attached hydrogen (secondary N) is 1. The molecule has 0 aliphatic carbocycles.